The van der Waals surface area contributed by atoms with Crippen LogP contribution >= 0.6 is 12.4 Å². The lowest BCUT2D eigenvalue weighted by Crippen LogP contribution is -2.44. The van der Waals surface area contributed by atoms with Gasteiger partial charge in [-0.2, -0.15) is 0 Å². The molecule has 1 unspecified atom stereocenters. The first-order chi connectivity index (χ1) is 7.25. The molecule has 1 atom stereocenters. The van der Waals surface area contributed by atoms with E-state index in [1.165, 1.54) is 0 Å². The number of piperidine rings is 1. The van der Waals surface area contributed by atoms with Gasteiger partial charge in [0.25, 0.3) is 0 Å². The number of aromatic amines is 1. The van der Waals surface area contributed by atoms with Gasteiger partial charge in [-0.05, 0) is 31.5 Å². The molecule has 0 saturated carbocycles. The Morgan fingerprint density at radius 1 is 1.62 bits per heavy atom. The molecule has 0 amide bonds. The van der Waals surface area contributed by atoms with Crippen LogP contribution in [0.4, 0.5) is 0 Å². The molecule has 1 aliphatic rings. The fraction of sp³-hybridized carbons (Fsp3) is 0.545. The number of nitrogens with zero attached hydrogens (tertiary/aromatic N) is 1. The summed E-state index contributed by atoms with van der Waals surface area (Å²) in [6.45, 7) is 2.31. The molecule has 0 aromatic carbocycles. The maximum absolute atomic E-state index is 11.8. The Hall–Kier alpha value is -0.840. The lowest BCUT2D eigenvalue weighted by Gasteiger charge is -2.29. The quantitative estimate of drug-likeness (QED) is 0.780. The van der Waals surface area contributed by atoms with Gasteiger partial charge < -0.3 is 10.7 Å². The van der Waals surface area contributed by atoms with E-state index >= 15 is 0 Å². The molecule has 2 rings (SSSR count). The molecule has 1 aromatic rings. The van der Waals surface area contributed by atoms with E-state index in [9.17, 15) is 4.79 Å². The molecule has 1 aliphatic heterocycles. The van der Waals surface area contributed by atoms with Gasteiger partial charge in [-0.3, -0.25) is 9.69 Å². The second-order valence-electron chi connectivity index (χ2n) is 4.14. The van der Waals surface area contributed by atoms with Crippen LogP contribution in [0.15, 0.2) is 18.3 Å². The highest BCUT2D eigenvalue weighted by Gasteiger charge is 2.19. The average Bonchev–Trinajstić information content (AvgIpc) is 2.70. The average molecular weight is 244 g/mol. The minimum atomic E-state index is 0. The SMILES string of the molecule is Cl.NC1CCCN(CC(=O)c2ccc[nH]2)C1. The van der Waals surface area contributed by atoms with Crippen molar-refractivity contribution < 1.29 is 4.79 Å². The van der Waals surface area contributed by atoms with Gasteiger partial charge in [0.1, 0.15) is 0 Å². The number of carbonyl (C=O) groups is 1. The number of carbonyl (C=O) groups excluding carboxylic acids is 1. The van der Waals surface area contributed by atoms with E-state index in [0.717, 1.165) is 25.9 Å². The van der Waals surface area contributed by atoms with Crippen LogP contribution < -0.4 is 5.73 Å². The van der Waals surface area contributed by atoms with Crippen LogP contribution in [0, 0.1) is 0 Å². The third kappa shape index (κ3) is 3.33. The molecule has 3 N–H and O–H groups in total. The first kappa shape index (κ1) is 13.2. The largest absolute Gasteiger partial charge is 0.359 e. The molecule has 0 aliphatic carbocycles. The molecule has 1 fully saturated rings. The molecular formula is C11H18ClN3O. The Balaban J connectivity index is 0.00000128. The summed E-state index contributed by atoms with van der Waals surface area (Å²) in [4.78, 5) is 16.8. The van der Waals surface area contributed by atoms with Crippen LogP contribution in [-0.2, 0) is 0 Å². The molecule has 5 heteroatoms. The van der Waals surface area contributed by atoms with Gasteiger partial charge in [-0.1, -0.05) is 0 Å². The normalized spacial score (nSPS) is 21.4. The number of nitrogens with two attached hydrogens (primary N) is 1. The van der Waals surface area contributed by atoms with Crippen LogP contribution in [0.1, 0.15) is 23.3 Å². The van der Waals surface area contributed by atoms with Crippen LogP contribution in [0.2, 0.25) is 0 Å². The van der Waals surface area contributed by atoms with Gasteiger partial charge in [0, 0.05) is 18.8 Å². The zero-order valence-corrected chi connectivity index (χ0v) is 10.0. The summed E-state index contributed by atoms with van der Waals surface area (Å²) in [6, 6.07) is 3.89. The molecule has 1 aromatic heterocycles. The first-order valence-corrected chi connectivity index (χ1v) is 5.40. The predicted octanol–water partition coefficient (Wildman–Crippen LogP) is 1.04. The van der Waals surface area contributed by atoms with Gasteiger partial charge in [0.15, 0.2) is 5.78 Å². The molecule has 2 heterocycles. The summed E-state index contributed by atoms with van der Waals surface area (Å²) in [7, 11) is 0. The third-order valence-electron chi connectivity index (χ3n) is 2.81. The highest BCUT2D eigenvalue weighted by molar-refractivity contribution is 5.95. The van der Waals surface area contributed by atoms with Crippen LogP contribution in [0.3, 0.4) is 0 Å². The number of hydrogen-bond donors (Lipinski definition) is 2. The number of nitrogens with one attached hydrogen (secondary N) is 1. The van der Waals surface area contributed by atoms with Gasteiger partial charge >= 0.3 is 0 Å². The first-order valence-electron chi connectivity index (χ1n) is 5.40. The highest BCUT2D eigenvalue weighted by atomic mass is 35.5. The van der Waals surface area contributed by atoms with E-state index in [1.54, 1.807) is 6.20 Å². The fourth-order valence-corrected chi connectivity index (χ4v) is 2.03. The molecule has 4 nitrogen and oxygen atoms in total. The van der Waals surface area contributed by atoms with E-state index in [-0.39, 0.29) is 24.2 Å². The Bertz CT molecular complexity index is 326. The fourth-order valence-electron chi connectivity index (χ4n) is 2.03. The summed E-state index contributed by atoms with van der Waals surface area (Å²) in [5, 5.41) is 0. The summed E-state index contributed by atoms with van der Waals surface area (Å²) in [5.41, 5.74) is 6.55. The summed E-state index contributed by atoms with van der Waals surface area (Å²) in [6.07, 6.45) is 3.95. The number of H-pyrrole nitrogens is 1. The van der Waals surface area contributed by atoms with Crippen molar-refractivity contribution in [1.82, 2.24) is 9.88 Å². The van der Waals surface area contributed by atoms with Crippen molar-refractivity contribution in [3.05, 3.63) is 24.0 Å². The number of Topliss-reactive ketones (excluding diaryl/α,β-unsaturated/α-hetero) is 1. The number of halogens is 1. The Morgan fingerprint density at radius 3 is 3.06 bits per heavy atom. The van der Waals surface area contributed by atoms with E-state index in [0.29, 0.717) is 12.2 Å². The zero-order chi connectivity index (χ0) is 10.7. The van der Waals surface area contributed by atoms with Gasteiger partial charge in [0.05, 0.1) is 12.2 Å². The van der Waals surface area contributed by atoms with Gasteiger partial charge in [-0.25, -0.2) is 0 Å². The third-order valence-corrected chi connectivity index (χ3v) is 2.81. The molecular weight excluding hydrogens is 226 g/mol. The zero-order valence-electron chi connectivity index (χ0n) is 9.19. The number of likely N-dealkylation sites (tertiary alicyclic amines) is 1. The van der Waals surface area contributed by atoms with Crippen LogP contribution in [-0.4, -0.2) is 41.3 Å². The molecule has 1 saturated heterocycles. The van der Waals surface area contributed by atoms with Crippen molar-refractivity contribution >= 4 is 18.2 Å². The highest BCUT2D eigenvalue weighted by Crippen LogP contribution is 2.09. The van der Waals surface area contributed by atoms with Crippen molar-refractivity contribution in [3.8, 4) is 0 Å². The smallest absolute Gasteiger partial charge is 0.192 e. The second-order valence-corrected chi connectivity index (χ2v) is 4.14. The maximum Gasteiger partial charge on any atom is 0.192 e. The van der Waals surface area contributed by atoms with Crippen molar-refractivity contribution in [2.45, 2.75) is 18.9 Å². The van der Waals surface area contributed by atoms with Crippen molar-refractivity contribution in [1.29, 1.82) is 0 Å². The van der Waals surface area contributed by atoms with E-state index in [4.69, 9.17) is 5.73 Å². The van der Waals surface area contributed by atoms with E-state index in [1.807, 2.05) is 12.1 Å². The molecule has 16 heavy (non-hydrogen) atoms. The van der Waals surface area contributed by atoms with Crippen molar-refractivity contribution in [2.75, 3.05) is 19.6 Å². The van der Waals surface area contributed by atoms with E-state index in [2.05, 4.69) is 9.88 Å². The standard InChI is InChI=1S/C11H17N3O.ClH/c12-9-3-2-6-14(7-9)8-11(15)10-4-1-5-13-10;/h1,4-5,9,13H,2-3,6-8,12H2;1H. The maximum atomic E-state index is 11.8. The topological polar surface area (TPSA) is 62.1 Å². The Kier molecular flexibility index (Phi) is 4.99. The summed E-state index contributed by atoms with van der Waals surface area (Å²) in [5.74, 6) is 0.147. The number of aromatic nitrogens is 1. The van der Waals surface area contributed by atoms with Crippen molar-refractivity contribution in [2.24, 2.45) is 5.73 Å². The monoisotopic (exact) mass is 243 g/mol. The van der Waals surface area contributed by atoms with Crippen molar-refractivity contribution in [3.63, 3.8) is 0 Å². The lowest BCUT2D eigenvalue weighted by atomic mass is 10.1. The minimum Gasteiger partial charge on any atom is -0.359 e. The number of ketones is 1. The summed E-state index contributed by atoms with van der Waals surface area (Å²) >= 11 is 0. The number of hydrogen-bond acceptors (Lipinski definition) is 3. The Labute approximate surface area is 102 Å². The molecule has 90 valence electrons. The molecule has 0 radical (unpaired) electrons. The molecule has 0 bridgehead atoms. The minimum absolute atomic E-state index is 0. The van der Waals surface area contributed by atoms with Crippen LogP contribution in [0.5, 0.6) is 0 Å². The number of rotatable bonds is 3. The Morgan fingerprint density at radius 2 is 2.44 bits per heavy atom. The lowest BCUT2D eigenvalue weighted by molar-refractivity contribution is 0.0904. The van der Waals surface area contributed by atoms with E-state index < -0.39 is 0 Å². The van der Waals surface area contributed by atoms with Crippen LogP contribution in [0.25, 0.3) is 0 Å². The predicted molar refractivity (Wildman–Crippen MR) is 66.0 cm³/mol. The van der Waals surface area contributed by atoms with Gasteiger partial charge in [0.2, 0.25) is 0 Å². The summed E-state index contributed by atoms with van der Waals surface area (Å²) < 4.78 is 0. The van der Waals surface area contributed by atoms with Gasteiger partial charge in [-0.15, -0.1) is 12.4 Å². The molecule has 0 spiro atoms. The second kappa shape index (κ2) is 6.03.